The number of nitrogen functional groups attached to an aromatic ring is 1. The molecule has 0 atom stereocenters. The molecule has 1 aromatic carbocycles. The largest absolute Gasteiger partial charge is 0.484 e. The number of benzene rings is 1. The quantitative estimate of drug-likeness (QED) is 0.824. The van der Waals surface area contributed by atoms with Crippen LogP contribution in [-0.4, -0.2) is 12.5 Å². The second-order valence-corrected chi connectivity index (χ2v) is 5.20. The first-order chi connectivity index (χ1) is 9.15. The summed E-state index contributed by atoms with van der Waals surface area (Å²) in [5.74, 6) is 0.546. The highest BCUT2D eigenvalue weighted by atomic mass is 32.1. The normalized spacial score (nSPS) is 10.2. The summed E-state index contributed by atoms with van der Waals surface area (Å²) in [6.07, 6.45) is 0. The number of nitrogens with two attached hydrogens (primary N) is 1. The van der Waals surface area contributed by atoms with Crippen LogP contribution >= 0.6 is 11.3 Å². The maximum Gasteiger partial charge on any atom is 0.258 e. The Labute approximate surface area is 116 Å². The van der Waals surface area contributed by atoms with Gasteiger partial charge in [-0.2, -0.15) is 0 Å². The minimum absolute atomic E-state index is 0.0101. The Morgan fingerprint density at radius 1 is 1.42 bits per heavy atom. The molecule has 0 saturated heterocycles. The molecule has 100 valence electrons. The second kappa shape index (κ2) is 6.24. The first-order valence-corrected chi connectivity index (χ1v) is 6.81. The topological polar surface area (TPSA) is 64.3 Å². The Morgan fingerprint density at radius 3 is 2.95 bits per heavy atom. The highest BCUT2D eigenvalue weighted by Gasteiger charge is 2.05. The van der Waals surface area contributed by atoms with Gasteiger partial charge in [0, 0.05) is 10.6 Å². The maximum atomic E-state index is 11.6. The van der Waals surface area contributed by atoms with E-state index in [0.717, 1.165) is 10.4 Å². The molecule has 19 heavy (non-hydrogen) atoms. The fourth-order valence-electron chi connectivity index (χ4n) is 1.63. The van der Waals surface area contributed by atoms with Crippen molar-refractivity contribution in [1.82, 2.24) is 5.32 Å². The van der Waals surface area contributed by atoms with Crippen LogP contribution in [0, 0.1) is 6.92 Å². The fraction of sp³-hybridized carbons (Fsp3) is 0.214. The van der Waals surface area contributed by atoms with Crippen molar-refractivity contribution in [2.45, 2.75) is 13.5 Å². The SMILES string of the molecule is Cc1cc(N)ccc1OCC(=O)NCc1cccs1. The number of carbonyl (C=O) groups is 1. The highest BCUT2D eigenvalue weighted by molar-refractivity contribution is 7.09. The summed E-state index contributed by atoms with van der Waals surface area (Å²) in [7, 11) is 0. The molecule has 1 amide bonds. The molecule has 0 aliphatic heterocycles. The van der Waals surface area contributed by atoms with Crippen LogP contribution in [0.4, 0.5) is 5.69 Å². The van der Waals surface area contributed by atoms with E-state index in [2.05, 4.69) is 5.32 Å². The molecule has 2 rings (SSSR count). The van der Waals surface area contributed by atoms with Gasteiger partial charge in [-0.3, -0.25) is 4.79 Å². The molecular weight excluding hydrogens is 260 g/mol. The lowest BCUT2D eigenvalue weighted by molar-refractivity contribution is -0.123. The van der Waals surface area contributed by atoms with Crippen LogP contribution < -0.4 is 15.8 Å². The summed E-state index contributed by atoms with van der Waals surface area (Å²) in [6.45, 7) is 2.45. The summed E-state index contributed by atoms with van der Waals surface area (Å²) in [5.41, 5.74) is 7.26. The van der Waals surface area contributed by atoms with Gasteiger partial charge in [-0.1, -0.05) is 6.07 Å². The van der Waals surface area contributed by atoms with Gasteiger partial charge in [0.2, 0.25) is 0 Å². The van der Waals surface area contributed by atoms with E-state index in [4.69, 9.17) is 10.5 Å². The second-order valence-electron chi connectivity index (χ2n) is 4.17. The van der Waals surface area contributed by atoms with Crippen molar-refractivity contribution in [3.8, 4) is 5.75 Å². The standard InChI is InChI=1S/C14H16N2O2S/c1-10-7-11(15)4-5-13(10)18-9-14(17)16-8-12-3-2-6-19-12/h2-7H,8-9,15H2,1H3,(H,16,17). The number of anilines is 1. The Morgan fingerprint density at radius 2 is 2.26 bits per heavy atom. The van der Waals surface area contributed by atoms with Gasteiger partial charge < -0.3 is 15.8 Å². The lowest BCUT2D eigenvalue weighted by Gasteiger charge is -2.09. The molecule has 0 radical (unpaired) electrons. The van der Waals surface area contributed by atoms with Crippen molar-refractivity contribution in [3.05, 3.63) is 46.2 Å². The summed E-state index contributed by atoms with van der Waals surface area (Å²) in [5, 5.41) is 4.79. The van der Waals surface area contributed by atoms with E-state index in [0.29, 0.717) is 18.0 Å². The predicted octanol–water partition coefficient (Wildman–Crippen LogP) is 2.33. The number of aryl methyl sites for hydroxylation is 1. The van der Waals surface area contributed by atoms with E-state index >= 15 is 0 Å². The van der Waals surface area contributed by atoms with Crippen molar-refractivity contribution in [3.63, 3.8) is 0 Å². The van der Waals surface area contributed by atoms with E-state index in [1.165, 1.54) is 0 Å². The van der Waals surface area contributed by atoms with E-state index in [1.54, 1.807) is 23.5 Å². The molecule has 0 fully saturated rings. The van der Waals surface area contributed by atoms with Crippen molar-refractivity contribution in [2.75, 3.05) is 12.3 Å². The third kappa shape index (κ3) is 3.99. The number of carbonyl (C=O) groups excluding carboxylic acids is 1. The van der Waals surface area contributed by atoms with Crippen molar-refractivity contribution < 1.29 is 9.53 Å². The monoisotopic (exact) mass is 276 g/mol. The average Bonchev–Trinajstić information content (AvgIpc) is 2.88. The van der Waals surface area contributed by atoms with Crippen LogP contribution in [0.2, 0.25) is 0 Å². The summed E-state index contributed by atoms with van der Waals surface area (Å²) >= 11 is 1.61. The number of rotatable bonds is 5. The molecule has 2 aromatic rings. The van der Waals surface area contributed by atoms with Crippen LogP contribution in [0.3, 0.4) is 0 Å². The molecule has 0 unspecified atom stereocenters. The Bertz CT molecular complexity index is 553. The van der Waals surface area contributed by atoms with Crippen molar-refractivity contribution in [1.29, 1.82) is 0 Å². The number of nitrogens with one attached hydrogen (secondary N) is 1. The van der Waals surface area contributed by atoms with E-state index < -0.39 is 0 Å². The minimum Gasteiger partial charge on any atom is -0.484 e. The molecule has 5 heteroatoms. The van der Waals surface area contributed by atoms with Crippen LogP contribution in [-0.2, 0) is 11.3 Å². The summed E-state index contributed by atoms with van der Waals surface area (Å²) in [6, 6.07) is 9.29. The Hall–Kier alpha value is -2.01. The molecule has 1 heterocycles. The molecule has 1 aromatic heterocycles. The molecule has 0 spiro atoms. The van der Waals surface area contributed by atoms with Gasteiger partial charge in [0.1, 0.15) is 5.75 Å². The van der Waals surface area contributed by atoms with Crippen LogP contribution in [0.25, 0.3) is 0 Å². The Kier molecular flexibility index (Phi) is 4.41. The van der Waals surface area contributed by atoms with E-state index in [-0.39, 0.29) is 12.5 Å². The number of hydrogen-bond acceptors (Lipinski definition) is 4. The zero-order valence-electron chi connectivity index (χ0n) is 10.7. The first kappa shape index (κ1) is 13.4. The zero-order valence-corrected chi connectivity index (χ0v) is 11.5. The summed E-state index contributed by atoms with van der Waals surface area (Å²) in [4.78, 5) is 12.8. The smallest absolute Gasteiger partial charge is 0.258 e. The number of amides is 1. The van der Waals surface area contributed by atoms with Gasteiger partial charge in [0.25, 0.3) is 5.91 Å². The lowest BCUT2D eigenvalue weighted by atomic mass is 10.2. The van der Waals surface area contributed by atoms with Gasteiger partial charge in [0.15, 0.2) is 6.61 Å². The highest BCUT2D eigenvalue weighted by Crippen LogP contribution is 2.19. The minimum atomic E-state index is -0.135. The predicted molar refractivity (Wildman–Crippen MR) is 77.3 cm³/mol. The molecule has 0 bridgehead atoms. The molecule has 3 N–H and O–H groups in total. The van der Waals surface area contributed by atoms with Crippen LogP contribution in [0.5, 0.6) is 5.75 Å². The Balaban J connectivity index is 1.80. The van der Waals surface area contributed by atoms with Crippen molar-refractivity contribution in [2.24, 2.45) is 0 Å². The van der Waals surface area contributed by atoms with E-state index in [1.807, 2.05) is 30.5 Å². The third-order valence-electron chi connectivity index (χ3n) is 2.60. The van der Waals surface area contributed by atoms with E-state index in [9.17, 15) is 4.79 Å². The fourth-order valence-corrected chi connectivity index (χ4v) is 2.27. The average molecular weight is 276 g/mol. The molecular formula is C14H16N2O2S. The lowest BCUT2D eigenvalue weighted by Crippen LogP contribution is -2.28. The van der Waals surface area contributed by atoms with Crippen LogP contribution in [0.15, 0.2) is 35.7 Å². The molecule has 0 saturated carbocycles. The number of thiophene rings is 1. The van der Waals surface area contributed by atoms with Gasteiger partial charge >= 0.3 is 0 Å². The van der Waals surface area contributed by atoms with Gasteiger partial charge in [-0.25, -0.2) is 0 Å². The number of hydrogen-bond donors (Lipinski definition) is 2. The van der Waals surface area contributed by atoms with Gasteiger partial charge in [0.05, 0.1) is 6.54 Å². The van der Waals surface area contributed by atoms with Gasteiger partial charge in [-0.05, 0) is 42.1 Å². The van der Waals surface area contributed by atoms with Crippen molar-refractivity contribution >= 4 is 22.9 Å². The molecule has 0 aliphatic carbocycles. The molecule has 4 nitrogen and oxygen atoms in total. The van der Waals surface area contributed by atoms with Crippen LogP contribution in [0.1, 0.15) is 10.4 Å². The maximum absolute atomic E-state index is 11.6. The van der Waals surface area contributed by atoms with Gasteiger partial charge in [-0.15, -0.1) is 11.3 Å². The zero-order chi connectivity index (χ0) is 13.7. The first-order valence-electron chi connectivity index (χ1n) is 5.93. The summed E-state index contributed by atoms with van der Waals surface area (Å²) < 4.78 is 5.46. The molecule has 0 aliphatic rings. The number of ether oxygens (including phenoxy) is 1. The third-order valence-corrected chi connectivity index (χ3v) is 3.47.